The van der Waals surface area contributed by atoms with Crippen LogP contribution in [0.3, 0.4) is 0 Å². The number of hydrogen-bond donors (Lipinski definition) is 7. The van der Waals surface area contributed by atoms with E-state index in [-0.39, 0.29) is 56.8 Å². The molecule has 0 amide bonds. The average Bonchev–Trinajstić information content (AvgIpc) is 3.07. The lowest BCUT2D eigenvalue weighted by Crippen LogP contribution is -2.61. The molecule has 0 aromatic rings. The van der Waals surface area contributed by atoms with Crippen LogP contribution in [0.1, 0.15) is 98.3 Å². The molecule has 0 aromatic carbocycles. The maximum Gasteiger partial charge on any atom is 0.311 e. The number of carbonyl (C=O) groups is 2. The quantitative estimate of drug-likeness (QED) is 0.202. The van der Waals surface area contributed by atoms with Crippen LogP contribution in [0.2, 0.25) is 0 Å². The first-order valence-electron chi connectivity index (χ1n) is 18.9. The molecule has 3 aliphatic rings. The van der Waals surface area contributed by atoms with Crippen molar-refractivity contribution in [2.75, 3.05) is 0 Å². The highest BCUT2D eigenvalue weighted by Crippen LogP contribution is 2.37. The average molecular weight is 738 g/mol. The highest BCUT2D eigenvalue weighted by Gasteiger charge is 2.47. The molecule has 296 valence electrons. The predicted octanol–water partition coefficient (Wildman–Crippen LogP) is 2.64. The minimum absolute atomic E-state index is 0.0616. The van der Waals surface area contributed by atoms with Crippen LogP contribution in [-0.2, 0) is 28.5 Å². The molecule has 3 heterocycles. The van der Waals surface area contributed by atoms with Gasteiger partial charge in [0.1, 0.15) is 18.0 Å². The van der Waals surface area contributed by atoms with Gasteiger partial charge in [0, 0.05) is 44.4 Å². The Bertz CT molecular complexity index is 1220. The van der Waals surface area contributed by atoms with E-state index in [0.29, 0.717) is 19.3 Å². The summed E-state index contributed by atoms with van der Waals surface area (Å²) in [4.78, 5) is 25.8. The summed E-state index contributed by atoms with van der Waals surface area (Å²) < 4.78 is 23.9. The molecule has 13 heteroatoms. The van der Waals surface area contributed by atoms with Gasteiger partial charge in [-0.2, -0.15) is 0 Å². The third-order valence-electron chi connectivity index (χ3n) is 10.3. The van der Waals surface area contributed by atoms with Crippen LogP contribution >= 0.6 is 0 Å². The number of hydrogen-bond acceptors (Lipinski definition) is 13. The highest BCUT2D eigenvalue weighted by molar-refractivity contribution is 5.80. The molecule has 0 spiro atoms. The summed E-state index contributed by atoms with van der Waals surface area (Å²) in [6, 6.07) is -1.00. The third-order valence-corrected chi connectivity index (χ3v) is 10.3. The van der Waals surface area contributed by atoms with Crippen LogP contribution in [-0.4, -0.2) is 115 Å². The van der Waals surface area contributed by atoms with E-state index < -0.39 is 84.8 Å². The second kappa shape index (κ2) is 21.6. The summed E-state index contributed by atoms with van der Waals surface area (Å²) in [6.07, 6.45) is 7.36. The minimum atomic E-state index is -1.88. The first kappa shape index (κ1) is 44.1. The Morgan fingerprint density at radius 1 is 0.942 bits per heavy atom. The second-order valence-corrected chi connectivity index (χ2v) is 14.7. The molecule has 6 unspecified atom stereocenters. The minimum Gasteiger partial charge on any atom is -0.462 e. The van der Waals surface area contributed by atoms with Gasteiger partial charge in [-0.3, -0.25) is 9.59 Å². The molecule has 0 saturated carbocycles. The third kappa shape index (κ3) is 13.5. The van der Waals surface area contributed by atoms with Crippen LogP contribution in [0.15, 0.2) is 48.6 Å². The molecule has 8 N–H and O–H groups in total. The molecule has 52 heavy (non-hydrogen) atoms. The van der Waals surface area contributed by atoms with Crippen LogP contribution < -0.4 is 5.73 Å². The number of rotatable bonds is 5. The van der Waals surface area contributed by atoms with Gasteiger partial charge < -0.3 is 55.3 Å². The Kier molecular flexibility index (Phi) is 18.3. The van der Waals surface area contributed by atoms with E-state index >= 15 is 0 Å². The highest BCUT2D eigenvalue weighted by atomic mass is 16.7. The Labute approximate surface area is 308 Å². The van der Waals surface area contributed by atoms with Crippen LogP contribution in [0.25, 0.3) is 0 Å². The van der Waals surface area contributed by atoms with Crippen LogP contribution in [0, 0.1) is 11.8 Å². The Morgan fingerprint density at radius 2 is 1.63 bits per heavy atom. The maximum absolute atomic E-state index is 13.0. The summed E-state index contributed by atoms with van der Waals surface area (Å²) in [5, 5.41) is 65.1. The molecule has 3 rings (SSSR count). The number of cyclic esters (lactones) is 1. The zero-order valence-corrected chi connectivity index (χ0v) is 31.1. The molecule has 0 aliphatic carbocycles. The fourth-order valence-electron chi connectivity index (χ4n) is 6.98. The number of aliphatic hydroxyl groups excluding tert-OH is 5. The van der Waals surface area contributed by atoms with Crippen molar-refractivity contribution in [1.82, 2.24) is 0 Å². The lowest BCUT2D eigenvalue weighted by Gasteiger charge is -2.45. The molecule has 3 aliphatic heterocycles. The number of ketones is 1. The maximum atomic E-state index is 13.0. The summed E-state index contributed by atoms with van der Waals surface area (Å²) in [5.74, 6) is -3.93. The van der Waals surface area contributed by atoms with E-state index in [4.69, 9.17) is 24.7 Å². The summed E-state index contributed by atoms with van der Waals surface area (Å²) in [5.41, 5.74) is 6.04. The number of nitrogens with two attached hydrogens (primary N) is 1. The smallest absolute Gasteiger partial charge is 0.311 e. The SMILES string of the molecule is CCC[C@@H]1CC=CC=CC=CC=C[C@H](OC2OC(C)C(O)C(N)C2O)CC2O[C@](O)(C[C@@H](O)CCCC(=O)C[C@@H](O)[C@H](CC)C(=O)O1)C[C@H](O)[C@H]2C. The van der Waals surface area contributed by atoms with Gasteiger partial charge in [-0.1, -0.05) is 75.8 Å². The molecule has 13 nitrogen and oxygen atoms in total. The van der Waals surface area contributed by atoms with Gasteiger partial charge in [0.05, 0.1) is 54.7 Å². The van der Waals surface area contributed by atoms with E-state index in [1.807, 2.05) is 31.2 Å². The van der Waals surface area contributed by atoms with Crippen molar-refractivity contribution in [3.8, 4) is 0 Å². The lowest BCUT2D eigenvalue weighted by molar-refractivity contribution is -0.308. The van der Waals surface area contributed by atoms with E-state index in [2.05, 4.69) is 0 Å². The number of Topliss-reactive ketones (excluding diaryl/α,β-unsaturated/α-hetero) is 1. The van der Waals surface area contributed by atoms with Crippen molar-refractivity contribution in [1.29, 1.82) is 0 Å². The molecular formula is C39H63NO12. The van der Waals surface area contributed by atoms with Crippen LogP contribution in [0.5, 0.6) is 0 Å². The number of carbonyl (C=O) groups excluding carboxylic acids is 2. The van der Waals surface area contributed by atoms with Gasteiger partial charge in [0.15, 0.2) is 12.1 Å². The van der Waals surface area contributed by atoms with Gasteiger partial charge in [-0.15, -0.1) is 0 Å². The first-order chi connectivity index (χ1) is 24.7. The van der Waals surface area contributed by atoms with Crippen LogP contribution in [0.4, 0.5) is 0 Å². The Hall–Kier alpha value is -2.30. The lowest BCUT2D eigenvalue weighted by atomic mass is 9.84. The molecule has 0 aromatic heterocycles. The Balaban J connectivity index is 1.85. The molecule has 2 saturated heterocycles. The normalized spacial score (nSPS) is 41.1. The molecule has 0 radical (unpaired) electrons. The topological polar surface area (TPSA) is 218 Å². The first-order valence-corrected chi connectivity index (χ1v) is 18.9. The largest absolute Gasteiger partial charge is 0.462 e. The molecular weight excluding hydrogens is 674 g/mol. The zero-order valence-electron chi connectivity index (χ0n) is 31.1. The number of ether oxygens (including phenoxy) is 4. The van der Waals surface area contributed by atoms with Crippen molar-refractivity contribution < 1.29 is 59.2 Å². The monoisotopic (exact) mass is 737 g/mol. The van der Waals surface area contributed by atoms with Crippen molar-refractivity contribution in [2.24, 2.45) is 17.6 Å². The van der Waals surface area contributed by atoms with E-state index in [9.17, 15) is 40.2 Å². The standard InChI is InChI=1S/C39H63NO12/c1-5-15-28-18-12-10-8-7-9-11-13-19-29(51-38-36(46)34(40)35(45)25(4)49-38)21-33-24(3)32(44)23-39(48,52-33)22-27(42)17-14-16-26(41)20-31(43)30(6-2)37(47)50-28/h7-13,19,24-25,27-36,38,42-46,48H,5-6,14-18,20-23,40H2,1-4H3/t24-,25?,27+,28-,29+,30+,31-,32+,33?,34?,35?,36?,38?,39-/m1/s1. The summed E-state index contributed by atoms with van der Waals surface area (Å²) >= 11 is 0. The van der Waals surface area contributed by atoms with E-state index in [0.717, 1.165) is 6.42 Å². The number of esters is 1. The zero-order chi connectivity index (χ0) is 38.4. The number of aliphatic hydroxyl groups is 6. The van der Waals surface area contributed by atoms with E-state index in [1.165, 1.54) is 0 Å². The van der Waals surface area contributed by atoms with Gasteiger partial charge in [0.2, 0.25) is 0 Å². The summed E-state index contributed by atoms with van der Waals surface area (Å²) in [7, 11) is 0. The fraction of sp³-hybridized carbons (Fsp3) is 0.744. The molecule has 2 bridgehead atoms. The Morgan fingerprint density at radius 3 is 2.33 bits per heavy atom. The van der Waals surface area contributed by atoms with Crippen molar-refractivity contribution in [3.63, 3.8) is 0 Å². The van der Waals surface area contributed by atoms with Crippen molar-refractivity contribution in [3.05, 3.63) is 48.6 Å². The van der Waals surface area contributed by atoms with Crippen molar-refractivity contribution >= 4 is 11.8 Å². The molecule has 14 atom stereocenters. The van der Waals surface area contributed by atoms with Gasteiger partial charge in [-0.05, 0) is 32.6 Å². The van der Waals surface area contributed by atoms with Gasteiger partial charge in [-0.25, -0.2) is 0 Å². The van der Waals surface area contributed by atoms with Gasteiger partial charge >= 0.3 is 5.97 Å². The molecule has 2 fully saturated rings. The van der Waals surface area contributed by atoms with E-state index in [1.54, 1.807) is 45.1 Å². The summed E-state index contributed by atoms with van der Waals surface area (Å²) in [6.45, 7) is 7.18. The second-order valence-electron chi connectivity index (χ2n) is 14.7. The number of allylic oxidation sites excluding steroid dienone is 6. The number of fused-ring (bicyclic) bond motifs is 2. The van der Waals surface area contributed by atoms with Gasteiger partial charge in [0.25, 0.3) is 0 Å². The fourth-order valence-corrected chi connectivity index (χ4v) is 6.98. The predicted molar refractivity (Wildman–Crippen MR) is 193 cm³/mol. The van der Waals surface area contributed by atoms with Crippen molar-refractivity contribution in [2.45, 2.75) is 171 Å².